The number of benzene rings is 1. The molecule has 0 atom stereocenters. The molecule has 1 N–H and O–H groups in total. The molecule has 1 amide bonds. The third kappa shape index (κ3) is 2.77. The maximum atomic E-state index is 11.3. The van der Waals surface area contributed by atoms with Crippen molar-refractivity contribution in [1.82, 2.24) is 14.9 Å². The molecule has 0 aliphatic carbocycles. The molecule has 0 bridgehead atoms. The second-order valence-electron chi connectivity index (χ2n) is 3.89. The van der Waals surface area contributed by atoms with Crippen LogP contribution in [0, 0.1) is 0 Å². The number of alkyl halides is 1. The van der Waals surface area contributed by atoms with E-state index < -0.39 is 0 Å². The van der Waals surface area contributed by atoms with Gasteiger partial charge in [0, 0.05) is 25.9 Å². The molecule has 1 aromatic carbocycles. The topological polar surface area (TPSA) is 46.9 Å². The number of nitrogens with zero attached hydrogens (tertiary/aromatic N) is 2. The SMILES string of the molecule is Cn1cnc2cc(CNC(=O)CCCl)ccc21. The highest BCUT2D eigenvalue weighted by Gasteiger charge is 2.03. The fraction of sp³-hybridized carbons (Fsp3) is 0.333. The van der Waals surface area contributed by atoms with E-state index in [1.807, 2.05) is 29.8 Å². The molecule has 17 heavy (non-hydrogen) atoms. The van der Waals surface area contributed by atoms with E-state index in [9.17, 15) is 4.79 Å². The number of rotatable bonds is 4. The molecular formula is C12H14ClN3O. The minimum Gasteiger partial charge on any atom is -0.352 e. The number of fused-ring (bicyclic) bond motifs is 1. The van der Waals surface area contributed by atoms with Crippen molar-refractivity contribution in [2.75, 3.05) is 5.88 Å². The first-order valence-electron chi connectivity index (χ1n) is 5.43. The maximum absolute atomic E-state index is 11.3. The van der Waals surface area contributed by atoms with Crippen molar-refractivity contribution in [3.8, 4) is 0 Å². The Morgan fingerprint density at radius 2 is 2.35 bits per heavy atom. The molecule has 0 unspecified atom stereocenters. The molecule has 0 saturated carbocycles. The Bertz CT molecular complexity index is 536. The summed E-state index contributed by atoms with van der Waals surface area (Å²) in [6.45, 7) is 0.516. The van der Waals surface area contributed by atoms with Crippen LogP contribution in [0.15, 0.2) is 24.5 Å². The lowest BCUT2D eigenvalue weighted by Crippen LogP contribution is -2.22. The van der Waals surface area contributed by atoms with Gasteiger partial charge in [-0.25, -0.2) is 4.98 Å². The summed E-state index contributed by atoms with van der Waals surface area (Å²) < 4.78 is 1.96. The van der Waals surface area contributed by atoms with Gasteiger partial charge in [-0.2, -0.15) is 0 Å². The van der Waals surface area contributed by atoms with E-state index in [4.69, 9.17) is 11.6 Å². The molecule has 0 spiro atoms. The van der Waals surface area contributed by atoms with Crippen molar-refractivity contribution >= 4 is 28.5 Å². The summed E-state index contributed by atoms with van der Waals surface area (Å²) >= 11 is 5.49. The number of aromatic nitrogens is 2. The Labute approximate surface area is 105 Å². The monoisotopic (exact) mass is 251 g/mol. The van der Waals surface area contributed by atoms with E-state index in [0.717, 1.165) is 16.6 Å². The number of hydrogen-bond acceptors (Lipinski definition) is 2. The number of halogens is 1. The van der Waals surface area contributed by atoms with Crippen LogP contribution in [-0.4, -0.2) is 21.3 Å². The number of aryl methyl sites for hydroxylation is 1. The highest BCUT2D eigenvalue weighted by molar-refractivity contribution is 6.18. The predicted octanol–water partition coefficient (Wildman–Crippen LogP) is 1.82. The van der Waals surface area contributed by atoms with E-state index in [0.29, 0.717) is 18.8 Å². The van der Waals surface area contributed by atoms with Crippen molar-refractivity contribution in [3.05, 3.63) is 30.1 Å². The molecule has 0 radical (unpaired) electrons. The molecule has 4 nitrogen and oxygen atoms in total. The van der Waals surface area contributed by atoms with Gasteiger partial charge in [0.25, 0.3) is 0 Å². The molecule has 0 fully saturated rings. The summed E-state index contributed by atoms with van der Waals surface area (Å²) in [7, 11) is 1.96. The second kappa shape index (κ2) is 5.19. The standard InChI is InChI=1S/C12H14ClN3O/c1-16-8-15-10-6-9(2-3-11(10)16)7-14-12(17)4-5-13/h2-3,6,8H,4-5,7H2,1H3,(H,14,17). The van der Waals surface area contributed by atoms with Crippen LogP contribution in [0.25, 0.3) is 11.0 Å². The van der Waals surface area contributed by atoms with Crippen LogP contribution in [-0.2, 0) is 18.4 Å². The molecular weight excluding hydrogens is 238 g/mol. The first-order valence-corrected chi connectivity index (χ1v) is 5.97. The average Bonchev–Trinajstić information content (AvgIpc) is 2.69. The zero-order chi connectivity index (χ0) is 12.3. The van der Waals surface area contributed by atoms with Crippen molar-refractivity contribution in [3.63, 3.8) is 0 Å². The Kier molecular flexibility index (Phi) is 3.64. The molecule has 1 aromatic heterocycles. The van der Waals surface area contributed by atoms with Crippen LogP contribution in [0.4, 0.5) is 0 Å². The first-order chi connectivity index (χ1) is 8.20. The van der Waals surface area contributed by atoms with Crippen LogP contribution >= 0.6 is 11.6 Å². The van der Waals surface area contributed by atoms with E-state index in [1.165, 1.54) is 0 Å². The van der Waals surface area contributed by atoms with Crippen LogP contribution in [0.1, 0.15) is 12.0 Å². The summed E-state index contributed by atoms with van der Waals surface area (Å²) in [4.78, 5) is 15.5. The van der Waals surface area contributed by atoms with E-state index >= 15 is 0 Å². The van der Waals surface area contributed by atoms with Crippen molar-refractivity contribution in [2.45, 2.75) is 13.0 Å². The lowest BCUT2D eigenvalue weighted by atomic mass is 10.2. The fourth-order valence-corrected chi connectivity index (χ4v) is 1.84. The van der Waals surface area contributed by atoms with Crippen molar-refractivity contribution < 1.29 is 4.79 Å². The van der Waals surface area contributed by atoms with Crippen LogP contribution in [0.3, 0.4) is 0 Å². The fourth-order valence-electron chi connectivity index (χ4n) is 1.67. The van der Waals surface area contributed by atoms with Gasteiger partial charge in [0.2, 0.25) is 5.91 Å². The van der Waals surface area contributed by atoms with Crippen LogP contribution in [0.5, 0.6) is 0 Å². The highest BCUT2D eigenvalue weighted by atomic mass is 35.5. The third-order valence-electron chi connectivity index (χ3n) is 2.60. The van der Waals surface area contributed by atoms with E-state index in [-0.39, 0.29) is 5.91 Å². The molecule has 90 valence electrons. The van der Waals surface area contributed by atoms with Gasteiger partial charge in [0.15, 0.2) is 0 Å². The number of carbonyl (C=O) groups excluding carboxylic acids is 1. The Balaban J connectivity index is 2.07. The van der Waals surface area contributed by atoms with Crippen molar-refractivity contribution in [2.24, 2.45) is 7.05 Å². The van der Waals surface area contributed by atoms with E-state index in [1.54, 1.807) is 6.33 Å². The molecule has 2 aromatic rings. The average molecular weight is 252 g/mol. The quantitative estimate of drug-likeness (QED) is 0.843. The smallest absolute Gasteiger partial charge is 0.221 e. The molecule has 0 aliphatic rings. The molecule has 0 saturated heterocycles. The second-order valence-corrected chi connectivity index (χ2v) is 4.27. The number of carbonyl (C=O) groups is 1. The molecule has 5 heteroatoms. The number of hydrogen-bond donors (Lipinski definition) is 1. The summed E-state index contributed by atoms with van der Waals surface area (Å²) in [6.07, 6.45) is 2.13. The lowest BCUT2D eigenvalue weighted by Gasteiger charge is -2.04. The van der Waals surface area contributed by atoms with Gasteiger partial charge in [0.1, 0.15) is 0 Å². The number of nitrogens with one attached hydrogen (secondary N) is 1. The van der Waals surface area contributed by atoms with Gasteiger partial charge >= 0.3 is 0 Å². The Hall–Kier alpha value is -1.55. The Morgan fingerprint density at radius 3 is 3.12 bits per heavy atom. The number of amides is 1. The molecule has 2 rings (SSSR count). The summed E-state index contributed by atoms with van der Waals surface area (Å²) in [6, 6.07) is 5.98. The minimum atomic E-state index is -0.0267. The summed E-state index contributed by atoms with van der Waals surface area (Å²) in [5, 5.41) is 2.81. The lowest BCUT2D eigenvalue weighted by molar-refractivity contribution is -0.120. The maximum Gasteiger partial charge on any atom is 0.221 e. The Morgan fingerprint density at radius 1 is 1.53 bits per heavy atom. The molecule has 0 aliphatic heterocycles. The summed E-state index contributed by atoms with van der Waals surface area (Å²) in [5.74, 6) is 0.326. The zero-order valence-electron chi connectivity index (χ0n) is 9.61. The zero-order valence-corrected chi connectivity index (χ0v) is 10.4. The third-order valence-corrected chi connectivity index (χ3v) is 2.79. The van der Waals surface area contributed by atoms with Crippen LogP contribution in [0.2, 0.25) is 0 Å². The van der Waals surface area contributed by atoms with E-state index in [2.05, 4.69) is 10.3 Å². The molecule has 1 heterocycles. The van der Waals surface area contributed by atoms with Gasteiger partial charge in [-0.3, -0.25) is 4.79 Å². The van der Waals surface area contributed by atoms with Gasteiger partial charge in [-0.15, -0.1) is 11.6 Å². The van der Waals surface area contributed by atoms with Gasteiger partial charge in [-0.1, -0.05) is 6.07 Å². The number of imidazole rings is 1. The highest BCUT2D eigenvalue weighted by Crippen LogP contribution is 2.13. The van der Waals surface area contributed by atoms with Gasteiger partial charge in [0.05, 0.1) is 17.4 Å². The first kappa shape index (κ1) is 11.9. The largest absolute Gasteiger partial charge is 0.352 e. The van der Waals surface area contributed by atoms with Crippen LogP contribution < -0.4 is 5.32 Å². The normalized spacial score (nSPS) is 10.7. The van der Waals surface area contributed by atoms with Gasteiger partial charge < -0.3 is 9.88 Å². The van der Waals surface area contributed by atoms with Crippen molar-refractivity contribution in [1.29, 1.82) is 0 Å². The predicted molar refractivity (Wildman–Crippen MR) is 67.9 cm³/mol. The summed E-state index contributed by atoms with van der Waals surface area (Å²) in [5.41, 5.74) is 3.07. The van der Waals surface area contributed by atoms with Gasteiger partial charge in [-0.05, 0) is 17.7 Å². The minimum absolute atomic E-state index is 0.0267.